The van der Waals surface area contributed by atoms with Crippen LogP contribution in [0.2, 0.25) is 0 Å². The van der Waals surface area contributed by atoms with Crippen molar-refractivity contribution < 1.29 is 13.2 Å². The summed E-state index contributed by atoms with van der Waals surface area (Å²) in [6, 6.07) is 5.35. The fraction of sp³-hybridized carbons (Fsp3) is 0.417. The van der Waals surface area contributed by atoms with E-state index in [1.807, 2.05) is 11.9 Å². The second-order valence-corrected chi connectivity index (χ2v) is 4.24. The number of rotatable bonds is 1. The first-order chi connectivity index (χ1) is 7.97. The van der Waals surface area contributed by atoms with Crippen molar-refractivity contribution in [2.24, 2.45) is 4.99 Å². The number of benzene rings is 1. The Morgan fingerprint density at radius 2 is 1.88 bits per heavy atom. The molecule has 0 fully saturated rings. The lowest BCUT2D eigenvalue weighted by atomic mass is 9.97. The lowest BCUT2D eigenvalue weighted by molar-refractivity contribution is -0.137. The van der Waals surface area contributed by atoms with E-state index in [0.717, 1.165) is 24.2 Å². The van der Waals surface area contributed by atoms with Crippen LogP contribution >= 0.6 is 0 Å². The van der Waals surface area contributed by atoms with Crippen molar-refractivity contribution in [3.8, 4) is 0 Å². The van der Waals surface area contributed by atoms with Crippen LogP contribution in [-0.2, 0) is 6.18 Å². The third-order valence-corrected chi connectivity index (χ3v) is 2.82. The number of hydrogen-bond acceptors (Lipinski definition) is 2. The third kappa shape index (κ3) is 2.78. The van der Waals surface area contributed by atoms with Crippen LogP contribution in [0.5, 0.6) is 0 Å². The summed E-state index contributed by atoms with van der Waals surface area (Å²) in [6.07, 6.45) is -2.51. The molecule has 17 heavy (non-hydrogen) atoms. The minimum Gasteiger partial charge on any atom is -0.365 e. The molecule has 1 aliphatic rings. The predicted molar refractivity (Wildman–Crippen MR) is 60.2 cm³/mol. The Kier molecular flexibility index (Phi) is 3.09. The highest BCUT2D eigenvalue weighted by Crippen LogP contribution is 2.30. The summed E-state index contributed by atoms with van der Waals surface area (Å²) in [5.41, 5.74) is 0.301. The van der Waals surface area contributed by atoms with Crippen LogP contribution in [0.4, 0.5) is 13.2 Å². The van der Waals surface area contributed by atoms with Crippen LogP contribution < -0.4 is 0 Å². The smallest absolute Gasteiger partial charge is 0.365 e. The normalized spacial score (nSPS) is 20.7. The van der Waals surface area contributed by atoms with Gasteiger partial charge in [-0.05, 0) is 17.7 Å². The maximum atomic E-state index is 12.4. The maximum absolute atomic E-state index is 12.4. The van der Waals surface area contributed by atoms with E-state index in [1.54, 1.807) is 18.5 Å². The lowest BCUT2D eigenvalue weighted by Crippen LogP contribution is -2.29. The fourth-order valence-corrected chi connectivity index (χ4v) is 1.92. The van der Waals surface area contributed by atoms with Gasteiger partial charge < -0.3 is 4.90 Å². The molecule has 2 rings (SSSR count). The SMILES string of the molecule is CN1C=NCC(c2ccc(C(F)(F)F)cc2)C1. The molecule has 1 aromatic carbocycles. The molecule has 1 aliphatic heterocycles. The Balaban J connectivity index is 2.16. The van der Waals surface area contributed by atoms with Gasteiger partial charge >= 0.3 is 6.18 Å². The zero-order valence-electron chi connectivity index (χ0n) is 9.41. The van der Waals surface area contributed by atoms with E-state index in [1.165, 1.54) is 0 Å². The van der Waals surface area contributed by atoms with Gasteiger partial charge in [-0.2, -0.15) is 13.2 Å². The summed E-state index contributed by atoms with van der Waals surface area (Å²) in [6.45, 7) is 1.42. The van der Waals surface area contributed by atoms with E-state index in [-0.39, 0.29) is 5.92 Å². The largest absolute Gasteiger partial charge is 0.416 e. The molecule has 0 spiro atoms. The lowest BCUT2D eigenvalue weighted by Gasteiger charge is -2.25. The molecule has 0 saturated heterocycles. The van der Waals surface area contributed by atoms with Crippen LogP contribution in [0.3, 0.4) is 0 Å². The Bertz CT molecular complexity index is 409. The van der Waals surface area contributed by atoms with E-state index < -0.39 is 11.7 Å². The zero-order chi connectivity index (χ0) is 12.5. The van der Waals surface area contributed by atoms with Crippen LogP contribution in [0, 0.1) is 0 Å². The number of halogens is 3. The minimum atomic E-state index is -4.26. The molecule has 92 valence electrons. The van der Waals surface area contributed by atoms with Gasteiger partial charge in [-0.25, -0.2) is 0 Å². The van der Waals surface area contributed by atoms with Gasteiger partial charge in [0.2, 0.25) is 0 Å². The maximum Gasteiger partial charge on any atom is 0.416 e. The molecule has 0 bridgehead atoms. The average molecular weight is 242 g/mol. The van der Waals surface area contributed by atoms with E-state index in [4.69, 9.17) is 0 Å². The molecule has 0 amide bonds. The van der Waals surface area contributed by atoms with Gasteiger partial charge in [0.05, 0.1) is 11.9 Å². The first kappa shape index (κ1) is 12.0. The summed E-state index contributed by atoms with van der Waals surface area (Å²) in [7, 11) is 1.90. The summed E-state index contributed by atoms with van der Waals surface area (Å²) in [5, 5.41) is 0. The first-order valence-corrected chi connectivity index (χ1v) is 5.34. The number of nitrogens with zero attached hydrogens (tertiary/aromatic N) is 2. The molecule has 0 aliphatic carbocycles. The van der Waals surface area contributed by atoms with Gasteiger partial charge in [-0.15, -0.1) is 0 Å². The van der Waals surface area contributed by atoms with E-state index in [0.29, 0.717) is 6.54 Å². The van der Waals surface area contributed by atoms with Crippen molar-refractivity contribution in [2.75, 3.05) is 20.1 Å². The highest BCUT2D eigenvalue weighted by Gasteiger charge is 2.30. The fourth-order valence-electron chi connectivity index (χ4n) is 1.92. The van der Waals surface area contributed by atoms with Gasteiger partial charge in [0, 0.05) is 26.1 Å². The molecule has 1 unspecified atom stereocenters. The minimum absolute atomic E-state index is 0.173. The second kappa shape index (κ2) is 4.39. The van der Waals surface area contributed by atoms with Crippen molar-refractivity contribution >= 4 is 6.34 Å². The average Bonchev–Trinajstić information content (AvgIpc) is 2.28. The monoisotopic (exact) mass is 242 g/mol. The Hall–Kier alpha value is -1.52. The molecule has 0 radical (unpaired) electrons. The van der Waals surface area contributed by atoms with Crippen molar-refractivity contribution in [1.82, 2.24) is 4.90 Å². The van der Waals surface area contributed by atoms with Crippen LogP contribution in [0.1, 0.15) is 17.0 Å². The van der Waals surface area contributed by atoms with Gasteiger partial charge in [0.25, 0.3) is 0 Å². The molecule has 0 aromatic heterocycles. The number of likely N-dealkylation sites (N-methyl/N-ethyl adjacent to an activating group) is 1. The molecule has 0 saturated carbocycles. The number of hydrogen-bond donors (Lipinski definition) is 0. The predicted octanol–water partition coefficient (Wildman–Crippen LogP) is 2.76. The van der Waals surface area contributed by atoms with Crippen molar-refractivity contribution in [2.45, 2.75) is 12.1 Å². The van der Waals surface area contributed by atoms with Crippen molar-refractivity contribution in [1.29, 1.82) is 0 Å². The highest BCUT2D eigenvalue weighted by atomic mass is 19.4. The summed E-state index contributed by atoms with van der Waals surface area (Å²) < 4.78 is 37.2. The topological polar surface area (TPSA) is 15.6 Å². The standard InChI is InChI=1S/C12H13F3N2/c1-17-7-10(6-16-8-17)9-2-4-11(5-3-9)12(13,14)15/h2-5,8,10H,6-7H2,1H3. The van der Waals surface area contributed by atoms with Gasteiger partial charge in [-0.1, -0.05) is 12.1 Å². The molecule has 0 N–H and O–H groups in total. The molecular weight excluding hydrogens is 229 g/mol. The van der Waals surface area contributed by atoms with Crippen molar-refractivity contribution in [3.63, 3.8) is 0 Å². The number of alkyl halides is 3. The second-order valence-electron chi connectivity index (χ2n) is 4.24. The molecule has 1 aromatic rings. The third-order valence-electron chi connectivity index (χ3n) is 2.82. The van der Waals surface area contributed by atoms with Crippen molar-refractivity contribution in [3.05, 3.63) is 35.4 Å². The van der Waals surface area contributed by atoms with Crippen LogP contribution in [0.15, 0.2) is 29.3 Å². The van der Waals surface area contributed by atoms with Crippen LogP contribution in [-0.4, -0.2) is 31.4 Å². The van der Waals surface area contributed by atoms with Gasteiger partial charge in [0.1, 0.15) is 0 Å². The summed E-state index contributed by atoms with van der Waals surface area (Å²) in [5.74, 6) is 0.173. The first-order valence-electron chi connectivity index (χ1n) is 5.34. The van der Waals surface area contributed by atoms with Crippen LogP contribution in [0.25, 0.3) is 0 Å². The van der Waals surface area contributed by atoms with E-state index >= 15 is 0 Å². The Morgan fingerprint density at radius 1 is 1.24 bits per heavy atom. The summed E-state index contributed by atoms with van der Waals surface area (Å²) in [4.78, 5) is 6.10. The zero-order valence-corrected chi connectivity index (χ0v) is 9.41. The van der Waals surface area contributed by atoms with E-state index in [9.17, 15) is 13.2 Å². The highest BCUT2D eigenvalue weighted by molar-refractivity contribution is 5.56. The number of aliphatic imine (C=N–C) groups is 1. The Morgan fingerprint density at radius 3 is 2.41 bits per heavy atom. The molecule has 1 atom stereocenters. The molecular formula is C12H13F3N2. The van der Waals surface area contributed by atoms with E-state index in [2.05, 4.69) is 4.99 Å². The molecule has 5 heteroatoms. The molecule has 1 heterocycles. The Labute approximate surface area is 97.8 Å². The molecule has 2 nitrogen and oxygen atoms in total. The van der Waals surface area contributed by atoms with Gasteiger partial charge in [0.15, 0.2) is 0 Å². The quantitative estimate of drug-likeness (QED) is 0.739. The van der Waals surface area contributed by atoms with Gasteiger partial charge in [-0.3, -0.25) is 4.99 Å². The summed E-state index contributed by atoms with van der Waals surface area (Å²) >= 11 is 0.